The first kappa shape index (κ1) is 19.6. The lowest BCUT2D eigenvalue weighted by atomic mass is 10.1. The van der Waals surface area contributed by atoms with Crippen LogP contribution in [0.3, 0.4) is 0 Å². The molecule has 0 unspecified atom stereocenters. The Balaban J connectivity index is 1.47. The van der Waals surface area contributed by atoms with Gasteiger partial charge < -0.3 is 20.3 Å². The minimum Gasteiger partial charge on any atom is -0.450 e. The van der Waals surface area contributed by atoms with Crippen LogP contribution in [-0.4, -0.2) is 53.5 Å². The van der Waals surface area contributed by atoms with E-state index in [9.17, 15) is 14.4 Å². The second-order valence-corrected chi connectivity index (χ2v) is 6.63. The van der Waals surface area contributed by atoms with E-state index < -0.39 is 0 Å². The fourth-order valence-corrected chi connectivity index (χ4v) is 3.25. The van der Waals surface area contributed by atoms with Crippen LogP contribution in [-0.2, 0) is 14.3 Å². The highest BCUT2D eigenvalue weighted by Crippen LogP contribution is 2.20. The number of fused-ring (bicyclic) bond motifs is 1. The molecule has 1 aromatic carbocycles. The second kappa shape index (κ2) is 9.16. The van der Waals surface area contributed by atoms with E-state index in [4.69, 9.17) is 4.74 Å². The normalized spacial score (nSPS) is 14.5. The zero-order valence-electron chi connectivity index (χ0n) is 15.8. The molecule has 1 saturated heterocycles. The highest BCUT2D eigenvalue weighted by Gasteiger charge is 2.25. The summed E-state index contributed by atoms with van der Waals surface area (Å²) in [5.41, 5.74) is 1.27. The van der Waals surface area contributed by atoms with Gasteiger partial charge in [0.1, 0.15) is 6.42 Å². The number of para-hydroxylation sites is 1. The molecule has 1 aliphatic rings. The molecule has 0 saturated carbocycles. The van der Waals surface area contributed by atoms with Crippen LogP contribution < -0.4 is 10.6 Å². The molecule has 8 nitrogen and oxygen atoms in total. The number of amides is 3. The van der Waals surface area contributed by atoms with E-state index in [1.165, 1.54) is 0 Å². The molecule has 0 spiro atoms. The van der Waals surface area contributed by atoms with Crippen molar-refractivity contribution in [1.82, 2.24) is 15.2 Å². The molecule has 2 N–H and O–H groups in total. The number of nitrogens with one attached hydrogen (secondary N) is 2. The summed E-state index contributed by atoms with van der Waals surface area (Å²) < 4.78 is 4.98. The maximum atomic E-state index is 12.3. The summed E-state index contributed by atoms with van der Waals surface area (Å²) in [6.45, 7) is 3.16. The fourth-order valence-electron chi connectivity index (χ4n) is 3.25. The van der Waals surface area contributed by atoms with Gasteiger partial charge in [-0.15, -0.1) is 0 Å². The Hall–Kier alpha value is -3.16. The van der Waals surface area contributed by atoms with Crippen LogP contribution in [0.25, 0.3) is 10.9 Å². The van der Waals surface area contributed by atoms with Crippen molar-refractivity contribution in [2.24, 2.45) is 0 Å². The van der Waals surface area contributed by atoms with E-state index in [1.54, 1.807) is 24.1 Å². The molecule has 1 aromatic heterocycles. The van der Waals surface area contributed by atoms with Crippen molar-refractivity contribution in [1.29, 1.82) is 0 Å². The Morgan fingerprint density at radius 3 is 2.64 bits per heavy atom. The van der Waals surface area contributed by atoms with Crippen molar-refractivity contribution in [3.8, 4) is 0 Å². The van der Waals surface area contributed by atoms with Crippen molar-refractivity contribution >= 4 is 34.5 Å². The molecule has 3 rings (SSSR count). The van der Waals surface area contributed by atoms with Crippen molar-refractivity contribution in [3.05, 3.63) is 36.5 Å². The van der Waals surface area contributed by atoms with Crippen molar-refractivity contribution in [2.75, 3.05) is 25.0 Å². The maximum Gasteiger partial charge on any atom is 0.409 e. The van der Waals surface area contributed by atoms with Gasteiger partial charge in [-0.25, -0.2) is 4.79 Å². The number of rotatable bonds is 5. The summed E-state index contributed by atoms with van der Waals surface area (Å²) in [6.07, 6.45) is 2.35. The Labute approximate surface area is 163 Å². The van der Waals surface area contributed by atoms with Crippen LogP contribution in [0, 0.1) is 0 Å². The quantitative estimate of drug-likeness (QED) is 0.771. The minimum atomic E-state index is -0.389. The molecule has 1 fully saturated rings. The molecular formula is C20H24N4O4. The monoisotopic (exact) mass is 384 g/mol. The highest BCUT2D eigenvalue weighted by molar-refractivity contribution is 6.07. The highest BCUT2D eigenvalue weighted by atomic mass is 16.6. The average molecular weight is 384 g/mol. The lowest BCUT2D eigenvalue weighted by molar-refractivity contribution is -0.127. The molecule has 8 heteroatoms. The first-order valence-corrected chi connectivity index (χ1v) is 9.41. The molecule has 0 radical (unpaired) electrons. The molecule has 0 atom stereocenters. The van der Waals surface area contributed by atoms with Gasteiger partial charge in [-0.1, -0.05) is 18.2 Å². The largest absolute Gasteiger partial charge is 0.450 e. The summed E-state index contributed by atoms with van der Waals surface area (Å²) in [4.78, 5) is 42.1. The number of likely N-dealkylation sites (tertiary alicyclic amines) is 1. The summed E-state index contributed by atoms with van der Waals surface area (Å²) in [5, 5.41) is 6.54. The standard InChI is InChI=1S/C20H24N4O4/c1-2-28-20(27)24-11-8-15(9-12-24)22-17(25)13-18(26)23-16-7-3-5-14-6-4-10-21-19(14)16/h3-7,10,15H,2,8-9,11-13H2,1H3,(H,22,25)(H,23,26). The topological polar surface area (TPSA) is 101 Å². The Morgan fingerprint density at radius 1 is 1.14 bits per heavy atom. The van der Waals surface area contributed by atoms with Crippen LogP contribution in [0.15, 0.2) is 36.5 Å². The Kier molecular flexibility index (Phi) is 6.41. The first-order valence-electron chi connectivity index (χ1n) is 9.41. The van der Waals surface area contributed by atoms with Gasteiger partial charge in [-0.3, -0.25) is 14.6 Å². The number of ether oxygens (including phenoxy) is 1. The van der Waals surface area contributed by atoms with Gasteiger partial charge in [0, 0.05) is 30.7 Å². The summed E-state index contributed by atoms with van der Waals surface area (Å²) in [6, 6.07) is 9.19. The van der Waals surface area contributed by atoms with Gasteiger partial charge in [-0.05, 0) is 31.9 Å². The third-order valence-corrected chi connectivity index (χ3v) is 4.61. The Morgan fingerprint density at radius 2 is 1.89 bits per heavy atom. The van der Waals surface area contributed by atoms with Gasteiger partial charge >= 0.3 is 6.09 Å². The van der Waals surface area contributed by atoms with Crippen molar-refractivity contribution < 1.29 is 19.1 Å². The van der Waals surface area contributed by atoms with Gasteiger partial charge in [-0.2, -0.15) is 0 Å². The van der Waals surface area contributed by atoms with Crippen molar-refractivity contribution in [3.63, 3.8) is 0 Å². The summed E-state index contributed by atoms with van der Waals surface area (Å²) in [5.74, 6) is -0.722. The molecule has 148 valence electrons. The van der Waals surface area contributed by atoms with Gasteiger partial charge in [0.25, 0.3) is 0 Å². The first-order chi connectivity index (χ1) is 13.6. The number of aromatic nitrogens is 1. The maximum absolute atomic E-state index is 12.3. The number of piperidine rings is 1. The van der Waals surface area contributed by atoms with Gasteiger partial charge in [0.05, 0.1) is 17.8 Å². The van der Waals surface area contributed by atoms with E-state index in [1.807, 2.05) is 24.3 Å². The molecule has 28 heavy (non-hydrogen) atoms. The van der Waals surface area contributed by atoms with Crippen LogP contribution >= 0.6 is 0 Å². The molecule has 3 amide bonds. The number of benzene rings is 1. The lowest BCUT2D eigenvalue weighted by Crippen LogP contribution is -2.47. The lowest BCUT2D eigenvalue weighted by Gasteiger charge is -2.31. The number of hydrogen-bond donors (Lipinski definition) is 2. The third kappa shape index (κ3) is 4.97. The predicted octanol–water partition coefficient (Wildman–Crippen LogP) is 2.30. The average Bonchev–Trinajstić information content (AvgIpc) is 2.69. The van der Waals surface area contributed by atoms with Gasteiger partial charge in [0.15, 0.2) is 0 Å². The van der Waals surface area contributed by atoms with E-state index >= 15 is 0 Å². The number of anilines is 1. The SMILES string of the molecule is CCOC(=O)N1CCC(NC(=O)CC(=O)Nc2cccc3cccnc23)CC1. The molecule has 0 aliphatic carbocycles. The second-order valence-electron chi connectivity index (χ2n) is 6.63. The smallest absolute Gasteiger partial charge is 0.409 e. The molecular weight excluding hydrogens is 360 g/mol. The van der Waals surface area contributed by atoms with Crippen LogP contribution in [0.2, 0.25) is 0 Å². The molecule has 0 bridgehead atoms. The Bertz CT molecular complexity index is 857. The van der Waals surface area contributed by atoms with E-state index in [2.05, 4.69) is 15.6 Å². The number of nitrogens with zero attached hydrogens (tertiary/aromatic N) is 2. The van der Waals surface area contributed by atoms with Crippen molar-refractivity contribution in [2.45, 2.75) is 32.2 Å². The van der Waals surface area contributed by atoms with Crippen LogP contribution in [0.1, 0.15) is 26.2 Å². The van der Waals surface area contributed by atoms with E-state index in [0.29, 0.717) is 43.7 Å². The summed E-state index contributed by atoms with van der Waals surface area (Å²) >= 11 is 0. The number of pyridine rings is 1. The van der Waals surface area contributed by atoms with E-state index in [0.717, 1.165) is 5.39 Å². The molecule has 1 aliphatic heterocycles. The zero-order chi connectivity index (χ0) is 19.9. The zero-order valence-corrected chi connectivity index (χ0v) is 15.8. The minimum absolute atomic E-state index is 0.0507. The summed E-state index contributed by atoms with van der Waals surface area (Å²) in [7, 11) is 0. The predicted molar refractivity (Wildman–Crippen MR) is 105 cm³/mol. The number of carbonyl (C=O) groups excluding carboxylic acids is 3. The number of carbonyl (C=O) groups is 3. The van der Waals surface area contributed by atoms with Crippen LogP contribution in [0.5, 0.6) is 0 Å². The van der Waals surface area contributed by atoms with E-state index in [-0.39, 0.29) is 30.4 Å². The molecule has 2 heterocycles. The third-order valence-electron chi connectivity index (χ3n) is 4.61. The number of hydrogen-bond acceptors (Lipinski definition) is 5. The van der Waals surface area contributed by atoms with Gasteiger partial charge in [0.2, 0.25) is 11.8 Å². The van der Waals surface area contributed by atoms with Crippen LogP contribution in [0.4, 0.5) is 10.5 Å². The molecule has 2 aromatic rings. The fraction of sp³-hybridized carbons (Fsp3) is 0.400.